The molecule has 0 atom stereocenters. The summed E-state index contributed by atoms with van der Waals surface area (Å²) in [6.07, 6.45) is 2.26. The molecule has 1 aromatic heterocycles. The Balaban J connectivity index is 2.34. The summed E-state index contributed by atoms with van der Waals surface area (Å²) in [5, 5.41) is 17.9. The number of benzene rings is 1. The fourth-order valence-corrected chi connectivity index (χ4v) is 2.63. The van der Waals surface area contributed by atoms with Gasteiger partial charge in [-0.15, -0.1) is 0 Å². The Morgan fingerprint density at radius 1 is 1.36 bits per heavy atom. The Bertz CT molecular complexity index is 647. The number of carbonyl (C=O) groups is 1. The van der Waals surface area contributed by atoms with Crippen molar-refractivity contribution >= 4 is 17.0 Å². The van der Waals surface area contributed by atoms with Crippen molar-refractivity contribution in [3.63, 3.8) is 0 Å². The van der Waals surface area contributed by atoms with Crippen LogP contribution in [0, 0.1) is 5.92 Å². The molecule has 0 bridgehead atoms. The number of carboxylic acid groups (broad SMARTS) is 1. The fourth-order valence-electron chi connectivity index (χ4n) is 2.63. The zero-order valence-electron chi connectivity index (χ0n) is 13.2. The molecule has 5 heteroatoms. The van der Waals surface area contributed by atoms with Crippen molar-refractivity contribution in [2.45, 2.75) is 46.1 Å². The topological polar surface area (TPSA) is 75.3 Å². The van der Waals surface area contributed by atoms with Gasteiger partial charge in [-0.1, -0.05) is 19.9 Å². The molecule has 0 aliphatic carbocycles. The van der Waals surface area contributed by atoms with Gasteiger partial charge in [0.15, 0.2) is 0 Å². The van der Waals surface area contributed by atoms with Crippen molar-refractivity contribution in [3.8, 4) is 0 Å². The van der Waals surface area contributed by atoms with E-state index in [0.717, 1.165) is 35.4 Å². The predicted molar refractivity (Wildman–Crippen MR) is 85.9 cm³/mol. The maximum atomic E-state index is 10.7. The number of hydrogen-bond donors (Lipinski definition) is 2. The third-order valence-electron chi connectivity index (χ3n) is 3.65. The Morgan fingerprint density at radius 3 is 2.77 bits per heavy atom. The zero-order valence-corrected chi connectivity index (χ0v) is 13.2. The Labute approximate surface area is 130 Å². The molecule has 0 spiro atoms. The van der Waals surface area contributed by atoms with E-state index in [1.807, 2.05) is 18.2 Å². The summed E-state index contributed by atoms with van der Waals surface area (Å²) in [7, 11) is 0. The molecule has 0 aliphatic heterocycles. The highest BCUT2D eigenvalue weighted by Crippen LogP contribution is 2.21. The van der Waals surface area contributed by atoms with Crippen molar-refractivity contribution in [2.75, 3.05) is 6.61 Å². The van der Waals surface area contributed by atoms with E-state index in [2.05, 4.69) is 18.4 Å². The second-order valence-corrected chi connectivity index (χ2v) is 6.07. The zero-order chi connectivity index (χ0) is 16.1. The standard InChI is InChI=1S/C17H24N2O3/c1-12(2)10-16-18-14-11-13(5-7-17(21)22)4-6-15(14)19(16)8-3-9-20/h4,6,11-12,20H,3,5,7-10H2,1-2H3,(H,21,22). The van der Waals surface area contributed by atoms with E-state index in [1.54, 1.807) is 0 Å². The summed E-state index contributed by atoms with van der Waals surface area (Å²) in [5.41, 5.74) is 2.97. The van der Waals surface area contributed by atoms with Gasteiger partial charge in [-0.05, 0) is 36.5 Å². The van der Waals surface area contributed by atoms with Crippen LogP contribution in [0.25, 0.3) is 11.0 Å². The lowest BCUT2D eigenvalue weighted by molar-refractivity contribution is -0.136. The molecule has 5 nitrogen and oxygen atoms in total. The van der Waals surface area contributed by atoms with Crippen LogP contribution in [0.2, 0.25) is 0 Å². The molecule has 0 radical (unpaired) electrons. The number of aryl methyl sites for hydroxylation is 2. The van der Waals surface area contributed by atoms with Crippen molar-refractivity contribution in [3.05, 3.63) is 29.6 Å². The highest BCUT2D eigenvalue weighted by atomic mass is 16.4. The van der Waals surface area contributed by atoms with Crippen LogP contribution in [0.1, 0.15) is 38.1 Å². The number of aliphatic hydroxyl groups is 1. The minimum absolute atomic E-state index is 0.135. The van der Waals surface area contributed by atoms with E-state index in [1.165, 1.54) is 0 Å². The van der Waals surface area contributed by atoms with E-state index in [-0.39, 0.29) is 13.0 Å². The van der Waals surface area contributed by atoms with Crippen molar-refractivity contribution < 1.29 is 15.0 Å². The second-order valence-electron chi connectivity index (χ2n) is 6.07. The van der Waals surface area contributed by atoms with E-state index in [0.29, 0.717) is 18.8 Å². The minimum atomic E-state index is -0.783. The van der Waals surface area contributed by atoms with Crippen LogP contribution in [-0.2, 0) is 24.2 Å². The minimum Gasteiger partial charge on any atom is -0.481 e. The molecule has 0 aliphatic rings. The van der Waals surface area contributed by atoms with Crippen LogP contribution in [0.5, 0.6) is 0 Å². The summed E-state index contributed by atoms with van der Waals surface area (Å²) in [5.74, 6) is 0.763. The summed E-state index contributed by atoms with van der Waals surface area (Å²) in [6, 6.07) is 5.97. The van der Waals surface area contributed by atoms with Crippen LogP contribution >= 0.6 is 0 Å². The van der Waals surface area contributed by atoms with Gasteiger partial charge in [-0.3, -0.25) is 4.79 Å². The first-order valence-corrected chi connectivity index (χ1v) is 7.82. The molecule has 0 fully saturated rings. The van der Waals surface area contributed by atoms with Gasteiger partial charge in [0.25, 0.3) is 0 Å². The van der Waals surface area contributed by atoms with Crippen LogP contribution in [0.15, 0.2) is 18.2 Å². The van der Waals surface area contributed by atoms with Crippen molar-refractivity contribution in [1.29, 1.82) is 0 Å². The van der Waals surface area contributed by atoms with Gasteiger partial charge >= 0.3 is 5.97 Å². The highest BCUT2D eigenvalue weighted by molar-refractivity contribution is 5.77. The molecular weight excluding hydrogens is 280 g/mol. The fraction of sp³-hybridized carbons (Fsp3) is 0.529. The molecule has 2 N–H and O–H groups in total. The molecule has 1 heterocycles. The predicted octanol–water partition coefficient (Wildman–Crippen LogP) is 2.63. The van der Waals surface area contributed by atoms with E-state index in [9.17, 15) is 4.79 Å². The van der Waals surface area contributed by atoms with E-state index >= 15 is 0 Å². The highest BCUT2D eigenvalue weighted by Gasteiger charge is 2.12. The van der Waals surface area contributed by atoms with Crippen molar-refractivity contribution in [1.82, 2.24) is 9.55 Å². The van der Waals surface area contributed by atoms with E-state index < -0.39 is 5.97 Å². The average Bonchev–Trinajstić information content (AvgIpc) is 2.78. The van der Waals surface area contributed by atoms with E-state index in [4.69, 9.17) is 15.2 Å². The maximum absolute atomic E-state index is 10.7. The SMILES string of the molecule is CC(C)Cc1nc2cc(CCC(=O)O)ccc2n1CCCO. The smallest absolute Gasteiger partial charge is 0.303 e. The Hall–Kier alpha value is -1.88. The average molecular weight is 304 g/mol. The monoisotopic (exact) mass is 304 g/mol. The van der Waals surface area contributed by atoms with Crippen LogP contribution in [0.3, 0.4) is 0 Å². The number of aliphatic hydroxyl groups excluding tert-OH is 1. The normalized spacial score (nSPS) is 11.5. The number of hydrogen-bond acceptors (Lipinski definition) is 3. The number of fused-ring (bicyclic) bond motifs is 1. The molecule has 2 aromatic rings. The number of aromatic nitrogens is 2. The summed E-state index contributed by atoms with van der Waals surface area (Å²) < 4.78 is 2.17. The molecule has 22 heavy (non-hydrogen) atoms. The van der Waals surface area contributed by atoms with Crippen LogP contribution < -0.4 is 0 Å². The first kappa shape index (κ1) is 16.5. The van der Waals surface area contributed by atoms with Gasteiger partial charge in [0.05, 0.1) is 11.0 Å². The molecule has 2 rings (SSSR count). The van der Waals surface area contributed by atoms with Gasteiger partial charge in [0.2, 0.25) is 0 Å². The number of imidazole rings is 1. The molecule has 0 amide bonds. The lowest BCUT2D eigenvalue weighted by Crippen LogP contribution is -2.08. The molecular formula is C17H24N2O3. The molecule has 1 aromatic carbocycles. The number of carboxylic acids is 1. The summed E-state index contributed by atoms with van der Waals surface area (Å²) >= 11 is 0. The Morgan fingerprint density at radius 2 is 2.14 bits per heavy atom. The van der Waals surface area contributed by atoms with Crippen molar-refractivity contribution in [2.24, 2.45) is 5.92 Å². The molecule has 120 valence electrons. The molecule has 0 saturated heterocycles. The van der Waals surface area contributed by atoms with Crippen LogP contribution in [0.4, 0.5) is 0 Å². The first-order valence-electron chi connectivity index (χ1n) is 7.82. The number of nitrogens with zero attached hydrogens (tertiary/aromatic N) is 2. The lowest BCUT2D eigenvalue weighted by atomic mass is 10.1. The third kappa shape index (κ3) is 4.07. The Kier molecular flexibility index (Phi) is 5.55. The largest absolute Gasteiger partial charge is 0.481 e. The maximum Gasteiger partial charge on any atom is 0.303 e. The summed E-state index contributed by atoms with van der Waals surface area (Å²) in [6.45, 7) is 5.24. The summed E-state index contributed by atoms with van der Waals surface area (Å²) in [4.78, 5) is 15.4. The quantitative estimate of drug-likeness (QED) is 0.786. The van der Waals surface area contributed by atoms with Gasteiger partial charge in [0.1, 0.15) is 5.82 Å². The number of aliphatic carboxylic acids is 1. The lowest BCUT2D eigenvalue weighted by Gasteiger charge is -2.10. The van der Waals surface area contributed by atoms with Gasteiger partial charge < -0.3 is 14.8 Å². The number of rotatable bonds is 8. The van der Waals surface area contributed by atoms with Gasteiger partial charge in [-0.2, -0.15) is 0 Å². The van der Waals surface area contributed by atoms with Gasteiger partial charge in [-0.25, -0.2) is 4.98 Å². The first-order chi connectivity index (χ1) is 10.5. The third-order valence-corrected chi connectivity index (χ3v) is 3.65. The molecule has 0 unspecified atom stereocenters. The second kappa shape index (κ2) is 7.40. The van der Waals surface area contributed by atoms with Crippen LogP contribution in [-0.4, -0.2) is 32.3 Å². The van der Waals surface area contributed by atoms with Gasteiger partial charge in [0, 0.05) is 26.0 Å². The molecule has 0 saturated carbocycles.